The van der Waals surface area contributed by atoms with Gasteiger partial charge in [0, 0.05) is 31.7 Å². The summed E-state index contributed by atoms with van der Waals surface area (Å²) in [4.78, 5) is 17.8. The highest BCUT2D eigenvalue weighted by Gasteiger charge is 2.32. The number of fused-ring (bicyclic) bond motifs is 2. The second kappa shape index (κ2) is 6.49. The second-order valence-corrected chi connectivity index (χ2v) is 7.60. The van der Waals surface area contributed by atoms with Crippen LogP contribution in [0.1, 0.15) is 35.1 Å². The molecule has 0 bridgehead atoms. The van der Waals surface area contributed by atoms with E-state index in [0.29, 0.717) is 18.8 Å². The number of rotatable bonds is 3. The van der Waals surface area contributed by atoms with Crippen molar-refractivity contribution in [1.82, 2.24) is 29.4 Å². The van der Waals surface area contributed by atoms with Crippen molar-refractivity contribution in [3.8, 4) is 0 Å². The van der Waals surface area contributed by atoms with Gasteiger partial charge >= 0.3 is 0 Å². The molecule has 7 nitrogen and oxygen atoms in total. The largest absolute Gasteiger partial charge is 0.329 e. The molecular weight excluding hydrogens is 340 g/mol. The summed E-state index contributed by atoms with van der Waals surface area (Å²) in [7, 11) is 1.89. The maximum Gasteiger partial charge on any atom is 0.275 e. The number of hydrogen-bond acceptors (Lipinski definition) is 4. The van der Waals surface area contributed by atoms with Crippen LogP contribution in [0.2, 0.25) is 0 Å². The van der Waals surface area contributed by atoms with Gasteiger partial charge in [-0.1, -0.05) is 18.2 Å². The fourth-order valence-electron chi connectivity index (χ4n) is 4.46. The van der Waals surface area contributed by atoms with Crippen molar-refractivity contribution in [2.24, 2.45) is 7.05 Å². The third-order valence-corrected chi connectivity index (χ3v) is 5.80. The molecule has 2 aliphatic heterocycles. The summed E-state index contributed by atoms with van der Waals surface area (Å²) < 4.78 is 3.90. The molecule has 2 aromatic heterocycles. The molecule has 2 aliphatic rings. The quantitative estimate of drug-likeness (QED) is 0.714. The third-order valence-electron chi connectivity index (χ3n) is 5.80. The molecule has 1 saturated heterocycles. The lowest BCUT2D eigenvalue weighted by molar-refractivity contribution is 0.0641. The van der Waals surface area contributed by atoms with Gasteiger partial charge in [-0.25, -0.2) is 0 Å². The Hall–Kier alpha value is -2.67. The summed E-state index contributed by atoms with van der Waals surface area (Å²) >= 11 is 0. The smallest absolute Gasteiger partial charge is 0.275 e. The lowest BCUT2D eigenvalue weighted by Crippen LogP contribution is -2.45. The summed E-state index contributed by atoms with van der Waals surface area (Å²) in [5.41, 5.74) is 2.62. The monoisotopic (exact) mass is 364 g/mol. The van der Waals surface area contributed by atoms with Gasteiger partial charge in [0.2, 0.25) is 0 Å². The first-order valence-electron chi connectivity index (χ1n) is 9.66. The topological polar surface area (TPSA) is 59.2 Å². The Morgan fingerprint density at radius 2 is 2.00 bits per heavy atom. The number of aryl methyl sites for hydroxylation is 1. The van der Waals surface area contributed by atoms with E-state index >= 15 is 0 Å². The molecule has 1 fully saturated rings. The van der Waals surface area contributed by atoms with Crippen LogP contribution in [0.15, 0.2) is 36.5 Å². The Labute approximate surface area is 158 Å². The summed E-state index contributed by atoms with van der Waals surface area (Å²) in [6, 6.07) is 10.1. The highest BCUT2D eigenvalue weighted by molar-refractivity contribution is 6.04. The fraction of sp³-hybridized carbons (Fsp3) is 0.450. The van der Waals surface area contributed by atoms with Crippen molar-refractivity contribution in [3.63, 3.8) is 0 Å². The third kappa shape index (κ3) is 2.82. The van der Waals surface area contributed by atoms with E-state index in [9.17, 15) is 4.79 Å². The van der Waals surface area contributed by atoms with E-state index in [1.165, 1.54) is 12.8 Å². The minimum absolute atomic E-state index is 0.00525. The van der Waals surface area contributed by atoms with Gasteiger partial charge in [-0.3, -0.25) is 14.2 Å². The highest BCUT2D eigenvalue weighted by atomic mass is 16.2. The average molecular weight is 364 g/mol. The van der Waals surface area contributed by atoms with Crippen molar-refractivity contribution in [3.05, 3.63) is 47.9 Å². The zero-order valence-electron chi connectivity index (χ0n) is 15.6. The number of nitrogens with zero attached hydrogens (tertiary/aromatic N) is 6. The van der Waals surface area contributed by atoms with E-state index in [2.05, 4.69) is 19.8 Å². The molecule has 0 N–H and O–H groups in total. The number of aromatic nitrogens is 4. The number of amides is 1. The number of likely N-dealkylation sites (tertiary alicyclic amines) is 1. The Balaban J connectivity index is 1.45. The van der Waals surface area contributed by atoms with E-state index in [1.807, 2.05) is 48.5 Å². The second-order valence-electron chi connectivity index (χ2n) is 7.60. The van der Waals surface area contributed by atoms with Crippen LogP contribution in [0.4, 0.5) is 0 Å². The van der Waals surface area contributed by atoms with Gasteiger partial charge in [-0.05, 0) is 38.1 Å². The van der Waals surface area contributed by atoms with E-state index in [1.54, 1.807) is 4.68 Å². The maximum atomic E-state index is 13.3. The van der Waals surface area contributed by atoms with Crippen LogP contribution in [0.25, 0.3) is 10.9 Å². The summed E-state index contributed by atoms with van der Waals surface area (Å²) in [5, 5.41) is 9.98. The van der Waals surface area contributed by atoms with E-state index < -0.39 is 0 Å². The van der Waals surface area contributed by atoms with Gasteiger partial charge in [0.1, 0.15) is 0 Å². The SMILES string of the molecule is Cn1nc(C(=O)N2Cc3ccnn3C(CN3CCCC3)C2)c2ccccc21. The van der Waals surface area contributed by atoms with Crippen LogP contribution in [-0.2, 0) is 13.6 Å². The number of benzene rings is 1. The van der Waals surface area contributed by atoms with Gasteiger partial charge in [0.15, 0.2) is 5.69 Å². The zero-order chi connectivity index (χ0) is 18.4. The molecule has 7 heteroatoms. The molecule has 1 atom stereocenters. The molecule has 0 aliphatic carbocycles. The first-order valence-corrected chi connectivity index (χ1v) is 9.66. The van der Waals surface area contributed by atoms with Crippen molar-refractivity contribution in [1.29, 1.82) is 0 Å². The van der Waals surface area contributed by atoms with Gasteiger partial charge in [0.05, 0.1) is 23.8 Å². The van der Waals surface area contributed by atoms with Crippen molar-refractivity contribution in [2.45, 2.75) is 25.4 Å². The molecule has 140 valence electrons. The predicted octanol–water partition coefficient (Wildman–Crippen LogP) is 2.06. The van der Waals surface area contributed by atoms with Crippen LogP contribution >= 0.6 is 0 Å². The van der Waals surface area contributed by atoms with Gasteiger partial charge in [-0.2, -0.15) is 10.2 Å². The standard InChI is InChI=1S/C20H24N6O/c1-23-18-7-3-2-6-17(18)19(22-23)20(27)25-13-15-8-9-21-26(15)16(14-25)12-24-10-4-5-11-24/h2-3,6-9,16H,4-5,10-14H2,1H3. The Morgan fingerprint density at radius 1 is 1.19 bits per heavy atom. The molecule has 27 heavy (non-hydrogen) atoms. The van der Waals surface area contributed by atoms with Crippen LogP contribution in [0.5, 0.6) is 0 Å². The lowest BCUT2D eigenvalue weighted by atomic mass is 10.1. The lowest BCUT2D eigenvalue weighted by Gasteiger charge is -2.35. The maximum absolute atomic E-state index is 13.3. The van der Waals surface area contributed by atoms with Crippen molar-refractivity contribution < 1.29 is 4.79 Å². The molecule has 0 radical (unpaired) electrons. The minimum Gasteiger partial charge on any atom is -0.329 e. The van der Waals surface area contributed by atoms with Crippen molar-refractivity contribution in [2.75, 3.05) is 26.2 Å². The number of carbonyl (C=O) groups excluding carboxylic acids is 1. The number of para-hydroxylation sites is 1. The van der Waals surface area contributed by atoms with E-state index in [0.717, 1.165) is 36.2 Å². The molecular formula is C20H24N6O. The summed E-state index contributed by atoms with van der Waals surface area (Å²) in [5.74, 6) is 0.00525. The Bertz CT molecular complexity index is 983. The molecule has 1 aromatic carbocycles. The molecule has 5 rings (SSSR count). The predicted molar refractivity (Wildman–Crippen MR) is 102 cm³/mol. The molecule has 0 saturated carbocycles. The average Bonchev–Trinajstić information content (AvgIpc) is 3.42. The molecule has 1 amide bonds. The molecule has 3 aromatic rings. The first-order chi connectivity index (χ1) is 13.2. The van der Waals surface area contributed by atoms with Crippen LogP contribution in [-0.4, -0.2) is 61.4 Å². The van der Waals surface area contributed by atoms with Crippen molar-refractivity contribution >= 4 is 16.8 Å². The van der Waals surface area contributed by atoms with Crippen LogP contribution < -0.4 is 0 Å². The fourth-order valence-corrected chi connectivity index (χ4v) is 4.46. The van der Waals surface area contributed by atoms with E-state index in [-0.39, 0.29) is 11.9 Å². The first kappa shape index (κ1) is 16.5. The van der Waals surface area contributed by atoms with Crippen LogP contribution in [0.3, 0.4) is 0 Å². The highest BCUT2D eigenvalue weighted by Crippen LogP contribution is 2.26. The van der Waals surface area contributed by atoms with Gasteiger partial charge in [-0.15, -0.1) is 0 Å². The molecule has 0 spiro atoms. The van der Waals surface area contributed by atoms with Gasteiger partial charge < -0.3 is 9.80 Å². The molecule has 1 unspecified atom stereocenters. The molecule has 4 heterocycles. The summed E-state index contributed by atoms with van der Waals surface area (Å²) in [6.45, 7) is 4.49. The Kier molecular flexibility index (Phi) is 3.97. The summed E-state index contributed by atoms with van der Waals surface area (Å²) in [6.07, 6.45) is 4.37. The number of carbonyl (C=O) groups is 1. The van der Waals surface area contributed by atoms with Crippen LogP contribution in [0, 0.1) is 0 Å². The minimum atomic E-state index is 0.00525. The normalized spacial score (nSPS) is 20.3. The number of hydrogen-bond donors (Lipinski definition) is 0. The van der Waals surface area contributed by atoms with E-state index in [4.69, 9.17) is 0 Å². The Morgan fingerprint density at radius 3 is 2.85 bits per heavy atom. The van der Waals surface area contributed by atoms with Gasteiger partial charge in [0.25, 0.3) is 5.91 Å². The zero-order valence-corrected chi connectivity index (χ0v) is 15.6.